The Morgan fingerprint density at radius 1 is 1.26 bits per heavy atom. The molecule has 6 nitrogen and oxygen atoms in total. The number of aliphatic hydroxyl groups is 1. The lowest BCUT2D eigenvalue weighted by molar-refractivity contribution is -0.115. The fraction of sp³-hybridized carbons (Fsp3) is 0.400. The lowest BCUT2D eigenvalue weighted by Crippen LogP contribution is -2.37. The van der Waals surface area contributed by atoms with Gasteiger partial charge in [-0.3, -0.25) is 4.79 Å². The first-order valence-corrected chi connectivity index (χ1v) is 9.84. The molecule has 1 aromatic heterocycles. The Morgan fingerprint density at radius 3 is 2.56 bits per heavy atom. The first kappa shape index (κ1) is 20.9. The average Bonchev–Trinajstić information content (AvgIpc) is 3.04. The van der Waals surface area contributed by atoms with Crippen molar-refractivity contribution in [2.45, 2.75) is 33.3 Å². The Labute approximate surface area is 163 Å². The predicted molar refractivity (Wildman–Crippen MR) is 109 cm³/mol. The number of ether oxygens (including phenoxy) is 1. The summed E-state index contributed by atoms with van der Waals surface area (Å²) < 4.78 is 5.08. The van der Waals surface area contributed by atoms with Crippen molar-refractivity contribution in [3.05, 3.63) is 46.8 Å². The number of anilines is 2. The molecule has 1 aromatic carbocycles. The second-order valence-corrected chi connectivity index (χ2v) is 7.28. The van der Waals surface area contributed by atoms with E-state index in [4.69, 9.17) is 4.74 Å². The Bertz CT molecular complexity index is 759. The fourth-order valence-electron chi connectivity index (χ4n) is 2.63. The molecule has 0 radical (unpaired) electrons. The van der Waals surface area contributed by atoms with Gasteiger partial charge in [0.2, 0.25) is 5.91 Å². The Balaban J connectivity index is 2.15. The summed E-state index contributed by atoms with van der Waals surface area (Å²) in [5, 5.41) is 13.1. The molecule has 0 bridgehead atoms. The lowest BCUT2D eigenvalue weighted by atomic mass is 10.2. The van der Waals surface area contributed by atoms with Gasteiger partial charge in [-0.2, -0.15) is 0 Å². The Hall–Kier alpha value is -2.38. The van der Waals surface area contributed by atoms with E-state index in [0.29, 0.717) is 17.1 Å². The zero-order valence-electron chi connectivity index (χ0n) is 15.9. The van der Waals surface area contributed by atoms with Crippen LogP contribution in [-0.4, -0.2) is 42.8 Å². The summed E-state index contributed by atoms with van der Waals surface area (Å²) in [5.41, 5.74) is 1.23. The minimum absolute atomic E-state index is 0.0660. The number of thiophene rings is 1. The van der Waals surface area contributed by atoms with Gasteiger partial charge in [-0.15, -0.1) is 11.3 Å². The van der Waals surface area contributed by atoms with Crippen molar-refractivity contribution in [1.29, 1.82) is 0 Å². The van der Waals surface area contributed by atoms with E-state index < -0.39 is 12.1 Å². The molecule has 27 heavy (non-hydrogen) atoms. The Kier molecular flexibility index (Phi) is 7.82. The van der Waals surface area contributed by atoms with Crippen LogP contribution in [0, 0.1) is 0 Å². The van der Waals surface area contributed by atoms with Crippen molar-refractivity contribution in [3.63, 3.8) is 0 Å². The number of benzene rings is 1. The number of nitrogens with one attached hydrogen (secondary N) is 1. The zero-order valence-corrected chi connectivity index (χ0v) is 16.7. The van der Waals surface area contributed by atoms with Crippen molar-refractivity contribution >= 4 is 33.9 Å². The standard InChI is InChI=1S/C20H26N2O4S/c1-4-16-11-17(20(25)26-5-2)19(27-16)21-18(24)13-22(12-14(3)23)15-9-7-6-8-10-15/h6-11,14,23H,4-5,12-13H2,1-3H3,(H,21,24). The van der Waals surface area contributed by atoms with Gasteiger partial charge in [0.25, 0.3) is 0 Å². The number of amides is 1. The lowest BCUT2D eigenvalue weighted by Gasteiger charge is -2.25. The smallest absolute Gasteiger partial charge is 0.341 e. The maximum Gasteiger partial charge on any atom is 0.341 e. The van der Waals surface area contributed by atoms with Crippen LogP contribution in [0.1, 0.15) is 36.0 Å². The molecule has 0 aliphatic carbocycles. The summed E-state index contributed by atoms with van der Waals surface area (Å²) in [6.07, 6.45) is 0.187. The number of carbonyl (C=O) groups excluding carboxylic acids is 2. The third-order valence-electron chi connectivity index (χ3n) is 3.82. The van der Waals surface area contributed by atoms with Crippen molar-refractivity contribution < 1.29 is 19.4 Å². The predicted octanol–water partition coefficient (Wildman–Crippen LogP) is 3.31. The van der Waals surface area contributed by atoms with Gasteiger partial charge in [0.1, 0.15) is 5.00 Å². The molecule has 2 aromatic rings. The third-order valence-corrected chi connectivity index (χ3v) is 5.02. The SMILES string of the molecule is CCOC(=O)c1cc(CC)sc1NC(=O)CN(CC(C)O)c1ccccc1. The molecule has 0 aliphatic rings. The number of carbonyl (C=O) groups is 2. The number of hydrogen-bond acceptors (Lipinski definition) is 6. The van der Waals surface area contributed by atoms with Crippen molar-refractivity contribution in [2.24, 2.45) is 0 Å². The van der Waals surface area contributed by atoms with Crippen LogP contribution >= 0.6 is 11.3 Å². The highest BCUT2D eigenvalue weighted by molar-refractivity contribution is 7.16. The molecule has 1 atom stereocenters. The van der Waals surface area contributed by atoms with Gasteiger partial charge < -0.3 is 20.1 Å². The molecule has 2 rings (SSSR count). The average molecular weight is 391 g/mol. The van der Waals surface area contributed by atoms with Crippen LogP contribution in [0.25, 0.3) is 0 Å². The van der Waals surface area contributed by atoms with Crippen LogP contribution in [0.3, 0.4) is 0 Å². The van der Waals surface area contributed by atoms with E-state index >= 15 is 0 Å². The van der Waals surface area contributed by atoms with E-state index in [1.807, 2.05) is 37.3 Å². The van der Waals surface area contributed by atoms with E-state index in [2.05, 4.69) is 5.32 Å². The van der Waals surface area contributed by atoms with E-state index in [9.17, 15) is 14.7 Å². The van der Waals surface area contributed by atoms with E-state index in [1.54, 1.807) is 24.8 Å². The largest absolute Gasteiger partial charge is 0.462 e. The van der Waals surface area contributed by atoms with Crippen LogP contribution in [0.5, 0.6) is 0 Å². The summed E-state index contributed by atoms with van der Waals surface area (Å²) in [6.45, 7) is 6.09. The van der Waals surface area contributed by atoms with Gasteiger partial charge in [0.15, 0.2) is 0 Å². The molecule has 1 amide bonds. The summed E-state index contributed by atoms with van der Waals surface area (Å²) in [6, 6.07) is 11.2. The highest BCUT2D eigenvalue weighted by Crippen LogP contribution is 2.29. The zero-order chi connectivity index (χ0) is 19.8. The third kappa shape index (κ3) is 6.08. The van der Waals surface area contributed by atoms with E-state index in [0.717, 1.165) is 17.0 Å². The Morgan fingerprint density at radius 2 is 1.96 bits per heavy atom. The van der Waals surface area contributed by atoms with Gasteiger partial charge in [-0.05, 0) is 38.5 Å². The maximum absolute atomic E-state index is 12.6. The molecule has 1 heterocycles. The van der Waals surface area contributed by atoms with Crippen LogP contribution in [0.15, 0.2) is 36.4 Å². The molecular formula is C20H26N2O4S. The number of para-hydroxylation sites is 1. The van der Waals surface area contributed by atoms with Crippen LogP contribution in [0.4, 0.5) is 10.7 Å². The monoisotopic (exact) mass is 390 g/mol. The summed E-state index contributed by atoms with van der Waals surface area (Å²) in [4.78, 5) is 27.6. The number of esters is 1. The van der Waals surface area contributed by atoms with Crippen molar-refractivity contribution in [1.82, 2.24) is 0 Å². The fourth-order valence-corrected chi connectivity index (χ4v) is 3.63. The molecule has 7 heteroatoms. The van der Waals surface area contributed by atoms with Gasteiger partial charge in [0.05, 0.1) is 24.8 Å². The van der Waals surface area contributed by atoms with Gasteiger partial charge in [-0.25, -0.2) is 4.79 Å². The molecule has 0 fully saturated rings. The molecule has 0 aliphatic heterocycles. The van der Waals surface area contributed by atoms with Crippen molar-refractivity contribution in [2.75, 3.05) is 29.9 Å². The molecule has 2 N–H and O–H groups in total. The van der Waals surface area contributed by atoms with Crippen LogP contribution < -0.4 is 10.2 Å². The second-order valence-electron chi connectivity index (χ2n) is 6.14. The molecule has 0 saturated carbocycles. The van der Waals surface area contributed by atoms with Crippen molar-refractivity contribution in [3.8, 4) is 0 Å². The maximum atomic E-state index is 12.6. The molecular weight excluding hydrogens is 364 g/mol. The van der Waals surface area contributed by atoms with Gasteiger partial charge in [0, 0.05) is 17.1 Å². The first-order chi connectivity index (χ1) is 12.9. The number of rotatable bonds is 9. The minimum Gasteiger partial charge on any atom is -0.462 e. The highest BCUT2D eigenvalue weighted by atomic mass is 32.1. The quantitative estimate of drug-likeness (QED) is 0.642. The van der Waals surface area contributed by atoms with Crippen LogP contribution in [0.2, 0.25) is 0 Å². The van der Waals surface area contributed by atoms with Crippen LogP contribution in [-0.2, 0) is 16.0 Å². The van der Waals surface area contributed by atoms with Gasteiger partial charge >= 0.3 is 5.97 Å². The van der Waals surface area contributed by atoms with Gasteiger partial charge in [-0.1, -0.05) is 25.1 Å². The van der Waals surface area contributed by atoms with E-state index in [-0.39, 0.29) is 19.1 Å². The summed E-state index contributed by atoms with van der Waals surface area (Å²) in [5.74, 6) is -0.692. The number of hydrogen-bond donors (Lipinski definition) is 2. The topological polar surface area (TPSA) is 78.9 Å². The first-order valence-electron chi connectivity index (χ1n) is 9.02. The molecule has 1 unspecified atom stereocenters. The second kappa shape index (κ2) is 10.1. The number of aliphatic hydroxyl groups excluding tert-OH is 1. The van der Waals surface area contributed by atoms with E-state index in [1.165, 1.54) is 11.3 Å². The minimum atomic E-state index is -0.582. The molecule has 0 saturated heterocycles. The summed E-state index contributed by atoms with van der Waals surface area (Å²) >= 11 is 1.38. The highest BCUT2D eigenvalue weighted by Gasteiger charge is 2.20. The summed E-state index contributed by atoms with van der Waals surface area (Å²) in [7, 11) is 0. The number of nitrogens with zero attached hydrogens (tertiary/aromatic N) is 1. The molecule has 0 spiro atoms. The number of aryl methyl sites for hydroxylation is 1. The normalized spacial score (nSPS) is 11.7. The molecule has 146 valence electrons.